The van der Waals surface area contributed by atoms with Gasteiger partial charge in [-0.3, -0.25) is 4.84 Å². The number of nitrogens with one attached hydrogen (secondary N) is 1. The van der Waals surface area contributed by atoms with Crippen LogP contribution in [0.5, 0.6) is 0 Å². The Morgan fingerprint density at radius 1 is 1.60 bits per heavy atom. The first-order valence-corrected chi connectivity index (χ1v) is 2.75. The summed E-state index contributed by atoms with van der Waals surface area (Å²) in [6, 6.07) is 0. The second-order valence-electron chi connectivity index (χ2n) is 1.58. The lowest BCUT2D eigenvalue weighted by molar-refractivity contribution is -0.130. The lowest BCUT2D eigenvalue weighted by Crippen LogP contribution is -2.32. The fraction of sp³-hybridized carbons (Fsp3) is 0.400. The summed E-state index contributed by atoms with van der Waals surface area (Å²) in [6.07, 6.45) is 3.34. The number of hydroxylamine groups is 1. The quantitative estimate of drug-likeness (QED) is 0.554. The Labute approximate surface area is 58.8 Å². The summed E-state index contributed by atoms with van der Waals surface area (Å²) in [5.41, 5.74) is 2.56. The van der Waals surface area contributed by atoms with E-state index in [4.69, 9.17) is 9.57 Å². The third-order valence-corrected chi connectivity index (χ3v) is 1.02. The van der Waals surface area contributed by atoms with Crippen molar-refractivity contribution in [3.05, 3.63) is 12.3 Å². The maximum absolute atomic E-state index is 4.80. The second kappa shape index (κ2) is 3.07. The van der Waals surface area contributed by atoms with Crippen molar-refractivity contribution in [1.82, 2.24) is 10.7 Å². The van der Waals surface area contributed by atoms with E-state index in [9.17, 15) is 0 Å². The topological polar surface area (TPSA) is 46.1 Å². The fourth-order valence-electron chi connectivity index (χ4n) is 0.516. The lowest BCUT2D eigenvalue weighted by atomic mass is 10.6. The molecule has 1 aliphatic heterocycles. The van der Waals surface area contributed by atoms with Gasteiger partial charge in [0.15, 0.2) is 0 Å². The Kier molecular flexibility index (Phi) is 2.11. The van der Waals surface area contributed by atoms with E-state index in [2.05, 4.69) is 10.6 Å². The molecule has 0 amide bonds. The molecule has 5 nitrogen and oxygen atoms in total. The van der Waals surface area contributed by atoms with Crippen molar-refractivity contribution in [3.63, 3.8) is 0 Å². The number of hydrogen-bond donors (Lipinski definition) is 1. The molecule has 1 N–H and O–H groups in total. The molecule has 1 aliphatic rings. The van der Waals surface area contributed by atoms with Crippen LogP contribution in [0, 0.1) is 0 Å². The van der Waals surface area contributed by atoms with E-state index in [1.54, 1.807) is 19.4 Å². The second-order valence-corrected chi connectivity index (χ2v) is 1.58. The average Bonchev–Trinajstić information content (AvgIpc) is 2.05. The molecule has 0 aromatic rings. The monoisotopic (exact) mass is 143 g/mol. The van der Waals surface area contributed by atoms with Crippen LogP contribution in [0.3, 0.4) is 0 Å². The summed E-state index contributed by atoms with van der Waals surface area (Å²) in [5.74, 6) is 0.522. The van der Waals surface area contributed by atoms with Crippen LogP contribution in [0.2, 0.25) is 0 Å². The highest BCUT2D eigenvalue weighted by atomic mass is 16.7. The van der Waals surface area contributed by atoms with Crippen LogP contribution in [0.4, 0.5) is 0 Å². The van der Waals surface area contributed by atoms with Gasteiger partial charge < -0.3 is 4.74 Å². The van der Waals surface area contributed by atoms with E-state index in [0.717, 1.165) is 0 Å². The summed E-state index contributed by atoms with van der Waals surface area (Å²) in [4.78, 5) is 4.76. The standard InChI is InChI=1S/C5H9N3O2/c1-9-5-3-4-8(10-2)7-6-5/h3-4,7H,1-2H3. The number of rotatable bonds is 1. The molecular formula is C5H9N3O2. The zero-order valence-electron chi connectivity index (χ0n) is 5.87. The summed E-state index contributed by atoms with van der Waals surface area (Å²) in [7, 11) is 3.08. The molecule has 0 saturated carbocycles. The average molecular weight is 143 g/mol. The number of methoxy groups -OCH3 is 1. The summed E-state index contributed by atoms with van der Waals surface area (Å²) < 4.78 is 4.80. The predicted molar refractivity (Wildman–Crippen MR) is 35.6 cm³/mol. The van der Waals surface area contributed by atoms with E-state index < -0.39 is 0 Å². The van der Waals surface area contributed by atoms with Gasteiger partial charge in [0.25, 0.3) is 0 Å². The van der Waals surface area contributed by atoms with Gasteiger partial charge >= 0.3 is 0 Å². The Bertz CT molecular complexity index is 166. The van der Waals surface area contributed by atoms with Crippen LogP contribution in [-0.2, 0) is 9.57 Å². The van der Waals surface area contributed by atoms with Gasteiger partial charge in [0.1, 0.15) is 0 Å². The van der Waals surface area contributed by atoms with Crippen molar-refractivity contribution in [1.29, 1.82) is 0 Å². The first-order valence-electron chi connectivity index (χ1n) is 2.75. The molecule has 1 heterocycles. The summed E-state index contributed by atoms with van der Waals surface area (Å²) in [6.45, 7) is 0. The van der Waals surface area contributed by atoms with Gasteiger partial charge in [-0.05, 0) is 0 Å². The molecule has 0 fully saturated rings. The zero-order chi connectivity index (χ0) is 7.40. The Hall–Kier alpha value is -1.23. The minimum absolute atomic E-state index is 0.522. The van der Waals surface area contributed by atoms with Crippen LogP contribution in [0.25, 0.3) is 0 Å². The minimum atomic E-state index is 0.522. The molecule has 0 saturated heterocycles. The molecule has 0 radical (unpaired) electrons. The molecule has 0 aromatic heterocycles. The van der Waals surface area contributed by atoms with Crippen LogP contribution in [-0.4, -0.2) is 25.3 Å². The van der Waals surface area contributed by atoms with Crippen LogP contribution < -0.4 is 5.53 Å². The van der Waals surface area contributed by atoms with Crippen LogP contribution in [0.1, 0.15) is 0 Å². The molecule has 10 heavy (non-hydrogen) atoms. The maximum atomic E-state index is 4.80. The van der Waals surface area contributed by atoms with Gasteiger partial charge in [0.05, 0.1) is 20.4 Å². The molecule has 0 aliphatic carbocycles. The van der Waals surface area contributed by atoms with Crippen molar-refractivity contribution >= 4 is 5.90 Å². The van der Waals surface area contributed by atoms with E-state index >= 15 is 0 Å². The van der Waals surface area contributed by atoms with Crippen molar-refractivity contribution in [3.8, 4) is 0 Å². The normalized spacial score (nSPS) is 16.2. The first kappa shape index (κ1) is 6.88. The number of ether oxygens (including phenoxy) is 1. The van der Waals surface area contributed by atoms with E-state index in [1.165, 1.54) is 12.3 Å². The molecule has 0 bridgehead atoms. The Morgan fingerprint density at radius 3 is 2.80 bits per heavy atom. The smallest absolute Gasteiger partial charge is 0.234 e. The Morgan fingerprint density at radius 2 is 2.40 bits per heavy atom. The third-order valence-electron chi connectivity index (χ3n) is 1.02. The highest BCUT2D eigenvalue weighted by molar-refractivity contribution is 5.87. The molecule has 56 valence electrons. The van der Waals surface area contributed by atoms with Gasteiger partial charge in [0, 0.05) is 6.08 Å². The molecular weight excluding hydrogens is 134 g/mol. The first-order chi connectivity index (χ1) is 4.86. The molecule has 0 unspecified atom stereocenters. The number of hydrazone groups is 1. The zero-order valence-corrected chi connectivity index (χ0v) is 5.87. The maximum Gasteiger partial charge on any atom is 0.234 e. The van der Waals surface area contributed by atoms with Crippen LogP contribution >= 0.6 is 0 Å². The van der Waals surface area contributed by atoms with Crippen molar-refractivity contribution in [2.45, 2.75) is 0 Å². The highest BCUT2D eigenvalue weighted by Gasteiger charge is 2.01. The molecule has 0 aromatic carbocycles. The van der Waals surface area contributed by atoms with Crippen molar-refractivity contribution < 1.29 is 9.57 Å². The van der Waals surface area contributed by atoms with Gasteiger partial charge in [-0.2, -0.15) is 10.7 Å². The van der Waals surface area contributed by atoms with Crippen molar-refractivity contribution in [2.24, 2.45) is 5.10 Å². The van der Waals surface area contributed by atoms with Crippen LogP contribution in [0.15, 0.2) is 17.4 Å². The van der Waals surface area contributed by atoms with Gasteiger partial charge in [-0.1, -0.05) is 0 Å². The molecule has 1 rings (SSSR count). The molecule has 5 heteroatoms. The van der Waals surface area contributed by atoms with Gasteiger partial charge in [0.2, 0.25) is 5.90 Å². The highest BCUT2D eigenvalue weighted by Crippen LogP contribution is 1.93. The largest absolute Gasteiger partial charge is 0.480 e. The number of hydrazine groups is 1. The number of hydrogen-bond acceptors (Lipinski definition) is 5. The number of nitrogens with zero attached hydrogens (tertiary/aromatic N) is 2. The summed E-state index contributed by atoms with van der Waals surface area (Å²) in [5, 5.41) is 5.11. The lowest BCUT2D eigenvalue weighted by Gasteiger charge is -2.18. The minimum Gasteiger partial charge on any atom is -0.480 e. The molecule has 0 atom stereocenters. The predicted octanol–water partition coefficient (Wildman–Crippen LogP) is -0.158. The third kappa shape index (κ3) is 1.38. The van der Waals surface area contributed by atoms with Gasteiger partial charge in [-0.25, -0.2) is 0 Å². The Balaban J connectivity index is 2.46. The van der Waals surface area contributed by atoms with E-state index in [-0.39, 0.29) is 0 Å². The molecule has 0 spiro atoms. The van der Waals surface area contributed by atoms with E-state index in [0.29, 0.717) is 5.90 Å². The van der Waals surface area contributed by atoms with Crippen molar-refractivity contribution in [2.75, 3.05) is 14.2 Å². The SMILES string of the molecule is COC1=NNN(OC)C=C1. The fourth-order valence-corrected chi connectivity index (χ4v) is 0.516. The van der Waals surface area contributed by atoms with Gasteiger partial charge in [-0.15, -0.1) is 5.10 Å². The van der Waals surface area contributed by atoms with E-state index in [1.807, 2.05) is 0 Å². The summed E-state index contributed by atoms with van der Waals surface area (Å²) >= 11 is 0.